The van der Waals surface area contributed by atoms with Crippen molar-refractivity contribution in [3.8, 4) is 0 Å². The Morgan fingerprint density at radius 2 is 2.14 bits per heavy atom. The molecule has 1 aromatic heterocycles. The number of aliphatic hydroxyl groups excluding tert-OH is 2. The molecule has 0 radical (unpaired) electrons. The van der Waals surface area contributed by atoms with Gasteiger partial charge in [-0.25, -0.2) is 4.98 Å². The Bertz CT molecular complexity index is 281. The lowest BCUT2D eigenvalue weighted by atomic mass is 10.1. The average molecular weight is 217 g/mol. The van der Waals surface area contributed by atoms with Crippen LogP contribution in [0.25, 0.3) is 0 Å². The van der Waals surface area contributed by atoms with Gasteiger partial charge in [0.15, 0.2) is 0 Å². The van der Waals surface area contributed by atoms with E-state index in [1.54, 1.807) is 0 Å². The monoisotopic (exact) mass is 217 g/mol. The molecule has 0 bridgehead atoms. The fraction of sp³-hybridized carbons (Fsp3) is 0.444. The van der Waals surface area contributed by atoms with E-state index in [4.69, 9.17) is 0 Å². The van der Waals surface area contributed by atoms with Crippen LogP contribution >= 0.6 is 12.6 Å². The van der Waals surface area contributed by atoms with Gasteiger partial charge in [-0.05, 0) is 18.2 Å². The van der Waals surface area contributed by atoms with E-state index < -0.39 is 18.2 Å². The Hall–Kier alpha value is -0.650. The standard InChI is InChI=1S/C9H12FNO2S/c10-8-2-1-6(5-11-8)9(13)7(12)3-4-14/h1-2,5,7,9,12-14H,3-4H2. The molecule has 0 aromatic carbocycles. The van der Waals surface area contributed by atoms with Crippen LogP contribution in [0.5, 0.6) is 0 Å². The highest BCUT2D eigenvalue weighted by atomic mass is 32.1. The highest BCUT2D eigenvalue weighted by Crippen LogP contribution is 2.18. The zero-order valence-electron chi connectivity index (χ0n) is 7.47. The van der Waals surface area contributed by atoms with Gasteiger partial charge < -0.3 is 10.2 Å². The summed E-state index contributed by atoms with van der Waals surface area (Å²) in [5, 5.41) is 19.0. The maximum absolute atomic E-state index is 12.4. The second-order valence-corrected chi connectivity index (χ2v) is 3.39. The Kier molecular flexibility index (Phi) is 4.31. The Morgan fingerprint density at radius 3 is 2.64 bits per heavy atom. The van der Waals surface area contributed by atoms with Crippen molar-refractivity contribution in [1.29, 1.82) is 0 Å². The molecule has 5 heteroatoms. The Balaban J connectivity index is 2.68. The zero-order chi connectivity index (χ0) is 10.6. The van der Waals surface area contributed by atoms with E-state index in [1.165, 1.54) is 12.3 Å². The highest BCUT2D eigenvalue weighted by Gasteiger charge is 2.17. The van der Waals surface area contributed by atoms with E-state index in [0.29, 0.717) is 17.7 Å². The Morgan fingerprint density at radius 1 is 1.43 bits per heavy atom. The normalized spacial score (nSPS) is 15.1. The van der Waals surface area contributed by atoms with Crippen molar-refractivity contribution in [3.05, 3.63) is 29.8 Å². The first-order chi connectivity index (χ1) is 6.65. The van der Waals surface area contributed by atoms with Crippen LogP contribution in [0.1, 0.15) is 18.1 Å². The lowest BCUT2D eigenvalue weighted by molar-refractivity contribution is 0.0170. The molecule has 1 heterocycles. The number of nitrogens with zero attached hydrogens (tertiary/aromatic N) is 1. The average Bonchev–Trinajstić information content (AvgIpc) is 2.18. The van der Waals surface area contributed by atoms with Crippen LogP contribution in [0.3, 0.4) is 0 Å². The van der Waals surface area contributed by atoms with Crippen LogP contribution in [-0.2, 0) is 0 Å². The van der Waals surface area contributed by atoms with Crippen LogP contribution in [-0.4, -0.2) is 27.1 Å². The Labute approximate surface area is 87.0 Å². The van der Waals surface area contributed by atoms with E-state index in [0.717, 1.165) is 6.07 Å². The number of rotatable bonds is 4. The molecule has 0 aliphatic heterocycles. The van der Waals surface area contributed by atoms with Gasteiger partial charge in [0, 0.05) is 11.8 Å². The van der Waals surface area contributed by atoms with Gasteiger partial charge in [-0.15, -0.1) is 0 Å². The second-order valence-electron chi connectivity index (χ2n) is 2.94. The minimum absolute atomic E-state index is 0.377. The first-order valence-corrected chi connectivity index (χ1v) is 4.87. The smallest absolute Gasteiger partial charge is 0.212 e. The number of thiol groups is 1. The van der Waals surface area contributed by atoms with E-state index in [-0.39, 0.29) is 0 Å². The SMILES string of the molecule is OC(CCS)C(O)c1ccc(F)nc1. The van der Waals surface area contributed by atoms with Crippen molar-refractivity contribution >= 4 is 12.6 Å². The topological polar surface area (TPSA) is 53.4 Å². The molecule has 3 nitrogen and oxygen atoms in total. The highest BCUT2D eigenvalue weighted by molar-refractivity contribution is 7.80. The molecule has 2 atom stereocenters. The maximum atomic E-state index is 12.4. The minimum Gasteiger partial charge on any atom is -0.390 e. The third-order valence-electron chi connectivity index (χ3n) is 1.88. The molecule has 0 spiro atoms. The summed E-state index contributed by atoms with van der Waals surface area (Å²) in [7, 11) is 0. The van der Waals surface area contributed by atoms with Crippen LogP contribution in [0.15, 0.2) is 18.3 Å². The van der Waals surface area contributed by atoms with Crippen LogP contribution in [0, 0.1) is 5.95 Å². The summed E-state index contributed by atoms with van der Waals surface area (Å²) in [6, 6.07) is 2.54. The molecule has 0 saturated carbocycles. The van der Waals surface area contributed by atoms with Gasteiger partial charge in [-0.3, -0.25) is 0 Å². The van der Waals surface area contributed by atoms with Crippen LogP contribution in [0.2, 0.25) is 0 Å². The van der Waals surface area contributed by atoms with E-state index in [1.807, 2.05) is 0 Å². The molecular formula is C9H12FNO2S. The number of halogens is 1. The van der Waals surface area contributed by atoms with Crippen molar-refractivity contribution < 1.29 is 14.6 Å². The lowest BCUT2D eigenvalue weighted by Gasteiger charge is -2.16. The van der Waals surface area contributed by atoms with Crippen molar-refractivity contribution in [2.45, 2.75) is 18.6 Å². The van der Waals surface area contributed by atoms with Gasteiger partial charge in [0.2, 0.25) is 5.95 Å². The summed E-state index contributed by atoms with van der Waals surface area (Å²) < 4.78 is 12.4. The van der Waals surface area contributed by atoms with Crippen molar-refractivity contribution in [1.82, 2.24) is 4.98 Å². The molecule has 0 saturated heterocycles. The molecule has 0 fully saturated rings. The first kappa shape index (κ1) is 11.4. The number of pyridine rings is 1. The summed E-state index contributed by atoms with van der Waals surface area (Å²) in [5.41, 5.74) is 0.403. The van der Waals surface area contributed by atoms with Gasteiger partial charge in [-0.1, -0.05) is 6.07 Å². The van der Waals surface area contributed by atoms with Gasteiger partial charge in [0.05, 0.1) is 6.10 Å². The third kappa shape index (κ3) is 2.94. The third-order valence-corrected chi connectivity index (χ3v) is 2.14. The van der Waals surface area contributed by atoms with Crippen molar-refractivity contribution in [3.63, 3.8) is 0 Å². The molecule has 14 heavy (non-hydrogen) atoms. The summed E-state index contributed by atoms with van der Waals surface area (Å²) in [5.74, 6) is -0.128. The molecule has 78 valence electrons. The zero-order valence-corrected chi connectivity index (χ0v) is 8.36. The summed E-state index contributed by atoms with van der Waals surface area (Å²) in [6.07, 6.45) is -0.335. The van der Waals surface area contributed by atoms with Crippen LogP contribution < -0.4 is 0 Å². The van der Waals surface area contributed by atoms with Gasteiger partial charge in [0.1, 0.15) is 6.10 Å². The molecule has 2 N–H and O–H groups in total. The quantitative estimate of drug-likeness (QED) is 0.519. The van der Waals surface area contributed by atoms with E-state index >= 15 is 0 Å². The lowest BCUT2D eigenvalue weighted by Crippen LogP contribution is -2.18. The number of aliphatic hydroxyl groups is 2. The molecule has 2 unspecified atom stereocenters. The predicted octanol–water partition coefficient (Wildman–Crippen LogP) is 0.935. The summed E-state index contributed by atoms with van der Waals surface area (Å²) in [6.45, 7) is 0. The minimum atomic E-state index is -1.03. The van der Waals surface area contributed by atoms with Gasteiger partial charge >= 0.3 is 0 Å². The summed E-state index contributed by atoms with van der Waals surface area (Å²) >= 11 is 3.94. The number of aromatic nitrogens is 1. The molecule has 0 aliphatic carbocycles. The molecule has 1 aromatic rings. The molecule has 0 aliphatic rings. The molecule has 0 amide bonds. The van der Waals surface area contributed by atoms with E-state index in [9.17, 15) is 14.6 Å². The summed E-state index contributed by atoms with van der Waals surface area (Å²) in [4.78, 5) is 3.39. The fourth-order valence-corrected chi connectivity index (χ4v) is 1.34. The number of hydrogen-bond donors (Lipinski definition) is 3. The van der Waals surface area contributed by atoms with Gasteiger partial charge in [0.25, 0.3) is 0 Å². The van der Waals surface area contributed by atoms with E-state index in [2.05, 4.69) is 17.6 Å². The molecule has 1 rings (SSSR count). The largest absolute Gasteiger partial charge is 0.390 e. The van der Waals surface area contributed by atoms with Crippen molar-refractivity contribution in [2.24, 2.45) is 0 Å². The maximum Gasteiger partial charge on any atom is 0.212 e. The van der Waals surface area contributed by atoms with Gasteiger partial charge in [-0.2, -0.15) is 17.0 Å². The molecular weight excluding hydrogens is 205 g/mol. The second kappa shape index (κ2) is 5.29. The number of hydrogen-bond acceptors (Lipinski definition) is 4. The fourth-order valence-electron chi connectivity index (χ4n) is 1.07. The predicted molar refractivity (Wildman–Crippen MR) is 53.6 cm³/mol. The first-order valence-electron chi connectivity index (χ1n) is 4.23. The van der Waals surface area contributed by atoms with Crippen molar-refractivity contribution in [2.75, 3.05) is 5.75 Å². The van der Waals surface area contributed by atoms with Crippen LogP contribution in [0.4, 0.5) is 4.39 Å².